The van der Waals surface area contributed by atoms with E-state index in [9.17, 15) is 4.79 Å². The molecule has 114 valence electrons. The number of benzene rings is 1. The molecule has 2 aliphatic rings. The minimum absolute atomic E-state index is 0.121. The van der Waals surface area contributed by atoms with Crippen LogP contribution in [0, 0.1) is 13.8 Å². The molecule has 3 rings (SSSR count). The number of carbonyl (C=O) groups excluding carboxylic acids is 1. The molecule has 21 heavy (non-hydrogen) atoms. The number of anilines is 1. The van der Waals surface area contributed by atoms with E-state index in [1.54, 1.807) is 0 Å². The molecule has 2 heterocycles. The molecular weight excluding hydrogens is 262 g/mol. The molecule has 0 radical (unpaired) electrons. The van der Waals surface area contributed by atoms with E-state index in [4.69, 9.17) is 0 Å². The zero-order chi connectivity index (χ0) is 15.0. The maximum Gasteiger partial charge on any atom is 0.239 e. The van der Waals surface area contributed by atoms with Crippen molar-refractivity contribution in [2.24, 2.45) is 0 Å². The molecule has 0 bridgehead atoms. The number of hydrogen-bond acceptors (Lipinski definition) is 3. The number of aryl methyl sites for hydroxylation is 2. The lowest BCUT2D eigenvalue weighted by Crippen LogP contribution is -2.52. The summed E-state index contributed by atoms with van der Waals surface area (Å²) >= 11 is 0. The number of nitrogens with zero attached hydrogens (tertiary/aromatic N) is 3. The Labute approximate surface area is 127 Å². The van der Waals surface area contributed by atoms with Crippen LogP contribution >= 0.6 is 0 Å². The predicted molar refractivity (Wildman–Crippen MR) is 85.7 cm³/mol. The Bertz CT molecular complexity index is 535. The van der Waals surface area contributed by atoms with Gasteiger partial charge in [-0.3, -0.25) is 9.69 Å². The van der Waals surface area contributed by atoms with Crippen LogP contribution in [-0.2, 0) is 4.79 Å². The molecule has 0 saturated carbocycles. The minimum Gasteiger partial charge on any atom is -0.369 e. The first-order valence-corrected chi connectivity index (χ1v) is 7.87. The molecule has 4 heteroatoms. The molecule has 0 spiro atoms. The Morgan fingerprint density at radius 2 is 1.76 bits per heavy atom. The first-order chi connectivity index (χ1) is 10.1. The number of amides is 1. The Morgan fingerprint density at radius 1 is 1.05 bits per heavy atom. The number of hydrogen-bond donors (Lipinski definition) is 0. The molecule has 1 aromatic carbocycles. The SMILES string of the molecule is Cc1ccc(C)c(N2CCN(C3CCN(C)C3=O)CC2)c1. The molecule has 1 aromatic rings. The van der Waals surface area contributed by atoms with Gasteiger partial charge in [-0.05, 0) is 37.5 Å². The summed E-state index contributed by atoms with van der Waals surface area (Å²) in [5.74, 6) is 0.301. The second-order valence-corrected chi connectivity index (χ2v) is 6.38. The van der Waals surface area contributed by atoms with Crippen molar-refractivity contribution in [2.45, 2.75) is 26.3 Å². The van der Waals surface area contributed by atoms with E-state index >= 15 is 0 Å². The first kappa shape index (κ1) is 14.4. The fraction of sp³-hybridized carbons (Fsp3) is 0.588. The van der Waals surface area contributed by atoms with Crippen LogP contribution < -0.4 is 4.90 Å². The molecule has 1 atom stereocenters. The van der Waals surface area contributed by atoms with Crippen molar-refractivity contribution in [3.05, 3.63) is 29.3 Å². The van der Waals surface area contributed by atoms with Gasteiger partial charge in [-0.2, -0.15) is 0 Å². The molecule has 0 aliphatic carbocycles. The number of piperazine rings is 1. The van der Waals surface area contributed by atoms with Gasteiger partial charge in [-0.15, -0.1) is 0 Å². The summed E-state index contributed by atoms with van der Waals surface area (Å²) in [4.78, 5) is 18.8. The number of likely N-dealkylation sites (tertiary alicyclic amines) is 1. The van der Waals surface area contributed by atoms with Crippen LogP contribution in [0.1, 0.15) is 17.5 Å². The molecule has 2 aliphatic heterocycles. The van der Waals surface area contributed by atoms with Gasteiger partial charge in [0.15, 0.2) is 0 Å². The lowest BCUT2D eigenvalue weighted by molar-refractivity contribution is -0.131. The van der Waals surface area contributed by atoms with Crippen molar-refractivity contribution in [1.82, 2.24) is 9.80 Å². The number of carbonyl (C=O) groups is 1. The van der Waals surface area contributed by atoms with Gasteiger partial charge in [0.25, 0.3) is 0 Å². The van der Waals surface area contributed by atoms with E-state index in [-0.39, 0.29) is 6.04 Å². The predicted octanol–water partition coefficient (Wildman–Crippen LogP) is 1.66. The maximum atomic E-state index is 12.1. The minimum atomic E-state index is 0.121. The molecule has 4 nitrogen and oxygen atoms in total. The Kier molecular flexibility index (Phi) is 3.89. The van der Waals surface area contributed by atoms with Crippen molar-refractivity contribution in [3.63, 3.8) is 0 Å². The first-order valence-electron chi connectivity index (χ1n) is 7.87. The van der Waals surface area contributed by atoms with Gasteiger partial charge >= 0.3 is 0 Å². The summed E-state index contributed by atoms with van der Waals surface area (Å²) in [7, 11) is 1.91. The second kappa shape index (κ2) is 5.68. The van der Waals surface area contributed by atoms with E-state index in [0.717, 1.165) is 39.1 Å². The van der Waals surface area contributed by atoms with Crippen molar-refractivity contribution in [3.8, 4) is 0 Å². The van der Waals surface area contributed by atoms with Gasteiger partial charge in [0.1, 0.15) is 0 Å². The summed E-state index contributed by atoms with van der Waals surface area (Å²) < 4.78 is 0. The van der Waals surface area contributed by atoms with Gasteiger partial charge in [-0.1, -0.05) is 12.1 Å². The van der Waals surface area contributed by atoms with Crippen LogP contribution in [0.25, 0.3) is 0 Å². The second-order valence-electron chi connectivity index (χ2n) is 6.38. The fourth-order valence-corrected chi connectivity index (χ4v) is 3.48. The lowest BCUT2D eigenvalue weighted by Gasteiger charge is -2.39. The van der Waals surface area contributed by atoms with Crippen LogP contribution in [0.4, 0.5) is 5.69 Å². The summed E-state index contributed by atoms with van der Waals surface area (Å²) in [6.45, 7) is 9.22. The van der Waals surface area contributed by atoms with Crippen molar-refractivity contribution >= 4 is 11.6 Å². The van der Waals surface area contributed by atoms with Crippen molar-refractivity contribution < 1.29 is 4.79 Å². The fourth-order valence-electron chi connectivity index (χ4n) is 3.48. The third-order valence-electron chi connectivity index (χ3n) is 4.86. The lowest BCUT2D eigenvalue weighted by atomic mass is 10.1. The monoisotopic (exact) mass is 287 g/mol. The summed E-state index contributed by atoms with van der Waals surface area (Å²) in [6.07, 6.45) is 0.985. The van der Waals surface area contributed by atoms with E-state index in [2.05, 4.69) is 41.8 Å². The van der Waals surface area contributed by atoms with Gasteiger partial charge < -0.3 is 9.80 Å². The topological polar surface area (TPSA) is 26.8 Å². The largest absolute Gasteiger partial charge is 0.369 e. The molecule has 0 aromatic heterocycles. The summed E-state index contributed by atoms with van der Waals surface area (Å²) in [6, 6.07) is 6.77. The highest BCUT2D eigenvalue weighted by atomic mass is 16.2. The van der Waals surface area contributed by atoms with Crippen LogP contribution in [-0.4, -0.2) is 61.5 Å². The quantitative estimate of drug-likeness (QED) is 0.827. The highest BCUT2D eigenvalue weighted by molar-refractivity contribution is 5.83. The van der Waals surface area contributed by atoms with E-state index in [1.165, 1.54) is 16.8 Å². The third kappa shape index (κ3) is 2.77. The molecule has 2 fully saturated rings. The highest BCUT2D eigenvalue weighted by Crippen LogP contribution is 2.24. The van der Waals surface area contributed by atoms with Crippen LogP contribution in [0.5, 0.6) is 0 Å². The van der Waals surface area contributed by atoms with E-state index in [0.29, 0.717) is 5.91 Å². The molecule has 0 N–H and O–H groups in total. The number of likely N-dealkylation sites (N-methyl/N-ethyl adjacent to an activating group) is 1. The normalized spacial score (nSPS) is 24.0. The van der Waals surface area contributed by atoms with Crippen LogP contribution in [0.2, 0.25) is 0 Å². The van der Waals surface area contributed by atoms with Gasteiger partial charge in [0, 0.05) is 45.5 Å². The van der Waals surface area contributed by atoms with Gasteiger partial charge in [0.05, 0.1) is 6.04 Å². The Morgan fingerprint density at radius 3 is 2.38 bits per heavy atom. The van der Waals surface area contributed by atoms with Gasteiger partial charge in [0.2, 0.25) is 5.91 Å². The van der Waals surface area contributed by atoms with Crippen molar-refractivity contribution in [2.75, 3.05) is 44.7 Å². The molecule has 2 saturated heterocycles. The molecule has 1 amide bonds. The molecular formula is C17H25N3O. The zero-order valence-corrected chi connectivity index (χ0v) is 13.3. The zero-order valence-electron chi connectivity index (χ0n) is 13.3. The maximum absolute atomic E-state index is 12.1. The average molecular weight is 287 g/mol. The van der Waals surface area contributed by atoms with E-state index < -0.39 is 0 Å². The van der Waals surface area contributed by atoms with Crippen LogP contribution in [0.15, 0.2) is 18.2 Å². The average Bonchev–Trinajstić information content (AvgIpc) is 2.82. The number of rotatable bonds is 2. The Hall–Kier alpha value is -1.55. The third-order valence-corrected chi connectivity index (χ3v) is 4.86. The smallest absolute Gasteiger partial charge is 0.239 e. The standard InChI is InChI=1S/C17H25N3O/c1-13-4-5-14(2)16(12-13)20-10-8-19(9-11-20)15-6-7-18(3)17(15)21/h4-5,12,15H,6-11H2,1-3H3. The van der Waals surface area contributed by atoms with Crippen LogP contribution in [0.3, 0.4) is 0 Å². The summed E-state index contributed by atoms with van der Waals surface area (Å²) in [5.41, 5.74) is 4.00. The molecule has 1 unspecified atom stereocenters. The van der Waals surface area contributed by atoms with Crippen molar-refractivity contribution in [1.29, 1.82) is 0 Å². The van der Waals surface area contributed by atoms with E-state index in [1.807, 2.05) is 11.9 Å². The highest BCUT2D eigenvalue weighted by Gasteiger charge is 2.35. The summed E-state index contributed by atoms with van der Waals surface area (Å²) in [5, 5.41) is 0. The Balaban J connectivity index is 1.65. The van der Waals surface area contributed by atoms with Gasteiger partial charge in [-0.25, -0.2) is 0 Å².